The summed E-state index contributed by atoms with van der Waals surface area (Å²) in [7, 11) is 0. The van der Waals surface area contributed by atoms with E-state index in [0.29, 0.717) is 6.61 Å². The van der Waals surface area contributed by atoms with Crippen molar-refractivity contribution < 1.29 is 44.2 Å². The van der Waals surface area contributed by atoms with Crippen molar-refractivity contribution in [3.05, 3.63) is 29.8 Å². The maximum absolute atomic E-state index is 11.2. The van der Waals surface area contributed by atoms with Gasteiger partial charge in [0.2, 0.25) is 0 Å². The summed E-state index contributed by atoms with van der Waals surface area (Å²) in [5.74, 6) is -0.511. The maximum Gasteiger partial charge on any atom is 1.00 e. The third kappa shape index (κ3) is 3.70. The predicted molar refractivity (Wildman–Crippen MR) is 48.7 cm³/mol. The normalized spacial score (nSPS) is 8.93. The number of hydrogen-bond donors (Lipinski definition) is 1. The van der Waals surface area contributed by atoms with Gasteiger partial charge in [-0.3, -0.25) is 0 Å². The van der Waals surface area contributed by atoms with Crippen LogP contribution in [0.5, 0.6) is 5.75 Å². The Balaban J connectivity index is 0.00000169. The molecule has 3 nitrogen and oxygen atoms in total. The Hall–Kier alpha value is -0.510. The van der Waals surface area contributed by atoms with Crippen LogP contribution in [0, 0.1) is 0 Å². The van der Waals surface area contributed by atoms with Gasteiger partial charge in [0.25, 0.3) is 0 Å². The Bertz CT molecular complexity index is 299. The summed E-state index contributed by atoms with van der Waals surface area (Å²) in [6.45, 7) is 2.30. The van der Waals surface area contributed by atoms with E-state index in [9.17, 15) is 9.90 Å². The van der Waals surface area contributed by atoms with E-state index in [1.165, 1.54) is 12.1 Å². The summed E-state index contributed by atoms with van der Waals surface area (Å²) in [6, 6.07) is 6.34. The average Bonchev–Trinajstić information content (AvgIpc) is 2.15. The number of rotatable bonds is 3. The number of ether oxygens (including phenoxy) is 1. The first kappa shape index (κ1) is 13.5. The molecule has 0 spiro atoms. The maximum atomic E-state index is 11.2. The molecule has 0 heterocycles. The summed E-state index contributed by atoms with van der Waals surface area (Å²) in [5, 5.41) is 9.28. The Labute approximate surface area is 105 Å². The first-order chi connectivity index (χ1) is 6.25. The van der Waals surface area contributed by atoms with Crippen molar-refractivity contribution in [2.45, 2.75) is 13.3 Å². The minimum Gasteiger partial charge on any atom is -0.507 e. The fourth-order valence-electron chi connectivity index (χ4n) is 0.919. The van der Waals surface area contributed by atoms with Crippen LogP contribution in [0.4, 0.5) is 0 Å². The van der Waals surface area contributed by atoms with Gasteiger partial charge in [-0.1, -0.05) is 19.1 Å². The summed E-state index contributed by atoms with van der Waals surface area (Å²) in [4.78, 5) is 11.2. The molecule has 0 unspecified atom stereocenters. The van der Waals surface area contributed by atoms with Crippen LogP contribution in [0.15, 0.2) is 24.3 Å². The fourth-order valence-corrected chi connectivity index (χ4v) is 0.919. The van der Waals surface area contributed by atoms with Gasteiger partial charge in [-0.05, 0) is 18.6 Å². The summed E-state index contributed by atoms with van der Waals surface area (Å²) < 4.78 is 4.86. The number of hydrogen-bond acceptors (Lipinski definition) is 3. The molecule has 0 saturated carbocycles. The van der Waals surface area contributed by atoms with Gasteiger partial charge in [0.1, 0.15) is 11.3 Å². The van der Waals surface area contributed by atoms with E-state index >= 15 is 0 Å². The average molecular weight is 203 g/mol. The second-order valence-electron chi connectivity index (χ2n) is 2.65. The quantitative estimate of drug-likeness (QED) is 0.504. The number of phenols is 1. The molecule has 0 radical (unpaired) electrons. The van der Waals surface area contributed by atoms with Gasteiger partial charge < -0.3 is 9.84 Å². The molecule has 0 amide bonds. The van der Waals surface area contributed by atoms with Crippen molar-refractivity contribution in [3.8, 4) is 5.75 Å². The Morgan fingerprint density at radius 2 is 2.07 bits per heavy atom. The van der Waals surface area contributed by atoms with Gasteiger partial charge in [-0.25, -0.2) is 4.79 Å². The standard InChI is InChI=1S/C10H12O3.Na/c1-2-7-13-10(12)8-5-3-4-6-9(8)11;/h3-6,11H,2,7H2,1H3;/q;+1. The first-order valence-corrected chi connectivity index (χ1v) is 4.20. The predicted octanol–water partition coefficient (Wildman–Crippen LogP) is -1.04. The molecule has 0 aromatic heterocycles. The molecule has 0 aliphatic rings. The molecule has 0 bridgehead atoms. The fraction of sp³-hybridized carbons (Fsp3) is 0.300. The van der Waals surface area contributed by atoms with E-state index < -0.39 is 5.97 Å². The van der Waals surface area contributed by atoms with Crippen LogP contribution in [-0.2, 0) is 4.74 Å². The SMILES string of the molecule is CCCOC(=O)c1ccccc1O.[Na+]. The van der Waals surface area contributed by atoms with Crippen LogP contribution >= 0.6 is 0 Å². The van der Waals surface area contributed by atoms with Crippen LogP contribution in [0.2, 0.25) is 0 Å². The molecule has 0 atom stereocenters. The molecule has 1 aromatic carbocycles. The van der Waals surface area contributed by atoms with Crippen LogP contribution in [-0.4, -0.2) is 17.7 Å². The van der Waals surface area contributed by atoms with Gasteiger partial charge in [-0.2, -0.15) is 0 Å². The first-order valence-electron chi connectivity index (χ1n) is 4.20. The number of esters is 1. The van der Waals surface area contributed by atoms with Crippen molar-refractivity contribution in [2.75, 3.05) is 6.61 Å². The minimum absolute atomic E-state index is 0. The molecule has 1 rings (SSSR count). The molecular weight excluding hydrogens is 191 g/mol. The van der Waals surface area contributed by atoms with Crippen molar-refractivity contribution >= 4 is 5.97 Å². The molecule has 0 fully saturated rings. The van der Waals surface area contributed by atoms with Gasteiger partial charge in [0, 0.05) is 0 Å². The van der Waals surface area contributed by atoms with Crippen molar-refractivity contribution in [3.63, 3.8) is 0 Å². The van der Waals surface area contributed by atoms with E-state index in [1.54, 1.807) is 12.1 Å². The number of benzene rings is 1. The number of aromatic hydroxyl groups is 1. The second-order valence-corrected chi connectivity index (χ2v) is 2.65. The van der Waals surface area contributed by atoms with Gasteiger partial charge in [-0.15, -0.1) is 0 Å². The Morgan fingerprint density at radius 3 is 2.64 bits per heavy atom. The van der Waals surface area contributed by atoms with E-state index in [1.807, 2.05) is 6.92 Å². The number of para-hydroxylation sites is 1. The molecule has 1 N–H and O–H groups in total. The van der Waals surface area contributed by atoms with Crippen LogP contribution in [0.3, 0.4) is 0 Å². The molecule has 0 aliphatic carbocycles. The Kier molecular flexibility index (Phi) is 6.62. The van der Waals surface area contributed by atoms with Gasteiger partial charge in [0.05, 0.1) is 6.61 Å². The van der Waals surface area contributed by atoms with Crippen molar-refractivity contribution in [2.24, 2.45) is 0 Å². The Morgan fingerprint density at radius 1 is 1.43 bits per heavy atom. The second kappa shape index (κ2) is 6.87. The molecule has 70 valence electrons. The van der Waals surface area contributed by atoms with Crippen LogP contribution in [0.1, 0.15) is 23.7 Å². The van der Waals surface area contributed by atoms with Gasteiger partial charge in [0.15, 0.2) is 0 Å². The summed E-state index contributed by atoms with van der Waals surface area (Å²) >= 11 is 0. The molecule has 1 aromatic rings. The largest absolute Gasteiger partial charge is 1.00 e. The topological polar surface area (TPSA) is 46.5 Å². The zero-order valence-electron chi connectivity index (χ0n) is 8.49. The van der Waals surface area contributed by atoms with E-state index in [0.717, 1.165) is 6.42 Å². The number of carbonyl (C=O) groups excluding carboxylic acids is 1. The van der Waals surface area contributed by atoms with Crippen molar-refractivity contribution in [1.29, 1.82) is 0 Å². The summed E-state index contributed by atoms with van der Waals surface area (Å²) in [5.41, 5.74) is 0.218. The summed E-state index contributed by atoms with van der Waals surface area (Å²) in [6.07, 6.45) is 0.777. The minimum atomic E-state index is -0.472. The smallest absolute Gasteiger partial charge is 0.507 e. The van der Waals surface area contributed by atoms with Crippen molar-refractivity contribution in [1.82, 2.24) is 0 Å². The third-order valence-electron chi connectivity index (χ3n) is 1.56. The van der Waals surface area contributed by atoms with Crippen LogP contribution < -0.4 is 29.6 Å². The van der Waals surface area contributed by atoms with Gasteiger partial charge >= 0.3 is 35.5 Å². The molecule has 14 heavy (non-hydrogen) atoms. The zero-order chi connectivity index (χ0) is 9.68. The molecule has 0 saturated heterocycles. The molecule has 0 aliphatic heterocycles. The van der Waals surface area contributed by atoms with Crippen LogP contribution in [0.25, 0.3) is 0 Å². The molecule has 4 heteroatoms. The number of phenolic OH excluding ortho intramolecular Hbond substituents is 1. The van der Waals surface area contributed by atoms with E-state index in [2.05, 4.69) is 0 Å². The van der Waals surface area contributed by atoms with E-state index in [-0.39, 0.29) is 40.9 Å². The zero-order valence-corrected chi connectivity index (χ0v) is 10.5. The molecular formula is C10H12NaO3+. The van der Waals surface area contributed by atoms with E-state index in [4.69, 9.17) is 4.74 Å². The third-order valence-corrected chi connectivity index (χ3v) is 1.56. The monoisotopic (exact) mass is 203 g/mol. The number of carbonyl (C=O) groups is 1.